The molecule has 4 heterocycles. The van der Waals surface area contributed by atoms with Crippen molar-refractivity contribution < 1.29 is 14.7 Å². The van der Waals surface area contributed by atoms with Crippen LogP contribution in [0.1, 0.15) is 17.7 Å². The molecule has 2 aliphatic heterocycles. The Morgan fingerprint density at radius 2 is 2.10 bits per heavy atom. The number of rotatable bonds is 6. The largest absolute Gasteiger partial charge is 0.480 e. The van der Waals surface area contributed by atoms with Crippen molar-refractivity contribution in [3.05, 3.63) is 29.4 Å². The number of likely N-dealkylation sites (tertiary alicyclic amines) is 1. The Hall–Kier alpha value is -2.17. The van der Waals surface area contributed by atoms with Gasteiger partial charge in [0.1, 0.15) is 11.1 Å². The second kappa shape index (κ2) is 8.52. The first-order chi connectivity index (χ1) is 14.4. The molecule has 10 heteroatoms. The molecule has 0 saturated carbocycles. The SMILES string of the molecule is CSC1(C(=O)O)CCN(CC(=O)N2CC=C(c3ccc(-c4ncn(C)n4)s3)CC2)C1. The van der Waals surface area contributed by atoms with Gasteiger partial charge in [0.2, 0.25) is 5.91 Å². The molecule has 1 unspecified atom stereocenters. The normalized spacial score (nSPS) is 22.3. The molecule has 30 heavy (non-hydrogen) atoms. The summed E-state index contributed by atoms with van der Waals surface area (Å²) >= 11 is 3.04. The van der Waals surface area contributed by atoms with Gasteiger partial charge < -0.3 is 10.0 Å². The van der Waals surface area contributed by atoms with E-state index in [2.05, 4.69) is 22.2 Å². The van der Waals surface area contributed by atoms with E-state index in [4.69, 9.17) is 0 Å². The summed E-state index contributed by atoms with van der Waals surface area (Å²) in [5.74, 6) is 0.0131. The molecule has 0 aliphatic carbocycles. The number of aromatic nitrogens is 3. The molecular weight excluding hydrogens is 422 g/mol. The third kappa shape index (κ3) is 4.17. The smallest absolute Gasteiger partial charge is 0.321 e. The van der Waals surface area contributed by atoms with Gasteiger partial charge in [-0.05, 0) is 36.8 Å². The maximum atomic E-state index is 12.7. The summed E-state index contributed by atoms with van der Waals surface area (Å²) in [5.41, 5.74) is 1.25. The van der Waals surface area contributed by atoms with Crippen LogP contribution in [-0.4, -0.2) is 85.3 Å². The number of amides is 1. The quantitative estimate of drug-likeness (QED) is 0.725. The number of aryl methyl sites for hydroxylation is 1. The fourth-order valence-electron chi connectivity index (χ4n) is 3.92. The van der Waals surface area contributed by atoms with Crippen LogP contribution < -0.4 is 0 Å². The molecule has 1 fully saturated rings. The summed E-state index contributed by atoms with van der Waals surface area (Å²) in [6, 6.07) is 4.14. The Balaban J connectivity index is 1.34. The molecule has 0 aromatic carbocycles. The Morgan fingerprint density at radius 3 is 2.70 bits per heavy atom. The highest BCUT2D eigenvalue weighted by Crippen LogP contribution is 2.35. The number of hydrogen-bond acceptors (Lipinski definition) is 7. The van der Waals surface area contributed by atoms with Gasteiger partial charge in [-0.3, -0.25) is 19.2 Å². The van der Waals surface area contributed by atoms with E-state index in [0.29, 0.717) is 32.6 Å². The van der Waals surface area contributed by atoms with Crippen LogP contribution in [0.4, 0.5) is 0 Å². The first-order valence-electron chi connectivity index (χ1n) is 9.84. The van der Waals surface area contributed by atoms with Crippen molar-refractivity contribution in [3.63, 3.8) is 0 Å². The summed E-state index contributed by atoms with van der Waals surface area (Å²) in [6.45, 7) is 2.62. The number of hydrogen-bond donors (Lipinski definition) is 1. The van der Waals surface area contributed by atoms with Crippen LogP contribution in [0.5, 0.6) is 0 Å². The number of carboxylic acid groups (broad SMARTS) is 1. The molecule has 2 aromatic heterocycles. The number of carboxylic acids is 1. The summed E-state index contributed by atoms with van der Waals surface area (Å²) in [5, 5.41) is 13.9. The van der Waals surface area contributed by atoms with Crippen LogP contribution in [0.25, 0.3) is 16.3 Å². The molecule has 1 amide bonds. The predicted molar refractivity (Wildman–Crippen MR) is 118 cm³/mol. The number of nitrogens with zero attached hydrogens (tertiary/aromatic N) is 5. The molecule has 2 aliphatic rings. The standard InChI is InChI=1S/C20H25N5O3S2/c1-23-13-21-18(22-23)16-4-3-15(30-16)14-5-8-25(9-6-14)17(26)11-24-10-7-20(12-24,29-2)19(27)28/h3-5,13H,6-12H2,1-2H3,(H,27,28). The number of thiophene rings is 1. The highest BCUT2D eigenvalue weighted by molar-refractivity contribution is 8.00. The van der Waals surface area contributed by atoms with E-state index in [-0.39, 0.29) is 12.5 Å². The van der Waals surface area contributed by atoms with Gasteiger partial charge in [0.15, 0.2) is 5.82 Å². The van der Waals surface area contributed by atoms with Gasteiger partial charge in [0.05, 0.1) is 11.4 Å². The van der Waals surface area contributed by atoms with Crippen molar-refractivity contribution in [2.75, 3.05) is 39.0 Å². The zero-order valence-electron chi connectivity index (χ0n) is 17.1. The molecule has 2 aromatic rings. The van der Waals surface area contributed by atoms with Crippen molar-refractivity contribution in [1.29, 1.82) is 0 Å². The molecule has 4 rings (SSSR count). The fraction of sp³-hybridized carbons (Fsp3) is 0.500. The number of carbonyl (C=O) groups excluding carboxylic acids is 1. The van der Waals surface area contributed by atoms with E-state index < -0.39 is 10.7 Å². The topological polar surface area (TPSA) is 91.6 Å². The monoisotopic (exact) mass is 447 g/mol. The van der Waals surface area contributed by atoms with E-state index >= 15 is 0 Å². The molecule has 1 atom stereocenters. The first kappa shape index (κ1) is 21.1. The van der Waals surface area contributed by atoms with Crippen molar-refractivity contribution in [2.45, 2.75) is 17.6 Å². The second-order valence-corrected chi connectivity index (χ2v) is 9.96. The van der Waals surface area contributed by atoms with Crippen LogP contribution in [-0.2, 0) is 16.6 Å². The van der Waals surface area contributed by atoms with Gasteiger partial charge in [-0.2, -0.15) is 5.10 Å². The first-order valence-corrected chi connectivity index (χ1v) is 11.9. The predicted octanol–water partition coefficient (Wildman–Crippen LogP) is 2.05. The lowest BCUT2D eigenvalue weighted by Gasteiger charge is -2.28. The minimum atomic E-state index is -0.785. The van der Waals surface area contributed by atoms with Gasteiger partial charge in [0.25, 0.3) is 0 Å². The molecule has 0 radical (unpaired) electrons. The molecule has 8 nitrogen and oxygen atoms in total. The van der Waals surface area contributed by atoms with Crippen LogP contribution in [0, 0.1) is 0 Å². The van der Waals surface area contributed by atoms with Crippen LogP contribution in [0.3, 0.4) is 0 Å². The van der Waals surface area contributed by atoms with Crippen molar-refractivity contribution >= 4 is 40.5 Å². The fourth-order valence-corrected chi connectivity index (χ4v) is 5.71. The Kier molecular flexibility index (Phi) is 5.99. The molecular formula is C20H25N5O3S2. The van der Waals surface area contributed by atoms with Gasteiger partial charge >= 0.3 is 5.97 Å². The van der Waals surface area contributed by atoms with Gasteiger partial charge in [-0.25, -0.2) is 4.98 Å². The third-order valence-corrected chi connectivity index (χ3v) is 8.20. The highest BCUT2D eigenvalue weighted by atomic mass is 32.2. The molecule has 0 spiro atoms. The summed E-state index contributed by atoms with van der Waals surface area (Å²) < 4.78 is 0.909. The lowest BCUT2D eigenvalue weighted by atomic mass is 10.1. The molecule has 1 saturated heterocycles. The summed E-state index contributed by atoms with van der Waals surface area (Å²) in [7, 11) is 1.85. The van der Waals surface area contributed by atoms with Crippen LogP contribution in [0.2, 0.25) is 0 Å². The zero-order chi connectivity index (χ0) is 21.3. The molecule has 1 N–H and O–H groups in total. The highest BCUT2D eigenvalue weighted by Gasteiger charge is 2.44. The molecule has 0 bridgehead atoms. The average molecular weight is 448 g/mol. The van der Waals surface area contributed by atoms with Crippen molar-refractivity contribution in [1.82, 2.24) is 24.6 Å². The number of aliphatic carboxylic acids is 1. The lowest BCUT2D eigenvalue weighted by Crippen LogP contribution is -2.43. The average Bonchev–Trinajstić information content (AvgIpc) is 3.48. The van der Waals surface area contributed by atoms with E-state index in [9.17, 15) is 14.7 Å². The van der Waals surface area contributed by atoms with Crippen LogP contribution >= 0.6 is 23.1 Å². The number of thioether (sulfide) groups is 1. The minimum Gasteiger partial charge on any atom is -0.480 e. The maximum absolute atomic E-state index is 12.7. The van der Waals surface area contributed by atoms with E-state index in [0.717, 1.165) is 17.1 Å². The zero-order valence-corrected chi connectivity index (χ0v) is 18.7. The van der Waals surface area contributed by atoms with Crippen LogP contribution in [0.15, 0.2) is 24.5 Å². The Labute approximate surface area is 183 Å². The van der Waals surface area contributed by atoms with E-state index in [1.54, 1.807) is 22.3 Å². The lowest BCUT2D eigenvalue weighted by molar-refractivity contribution is -0.140. The number of carbonyl (C=O) groups is 2. The van der Waals surface area contributed by atoms with Gasteiger partial charge in [-0.15, -0.1) is 23.1 Å². The molecule has 160 valence electrons. The van der Waals surface area contributed by atoms with Gasteiger partial charge in [0, 0.05) is 38.1 Å². The van der Waals surface area contributed by atoms with E-state index in [1.165, 1.54) is 22.2 Å². The minimum absolute atomic E-state index is 0.0668. The van der Waals surface area contributed by atoms with E-state index in [1.807, 2.05) is 29.2 Å². The summed E-state index contributed by atoms with van der Waals surface area (Å²) in [4.78, 5) is 34.7. The van der Waals surface area contributed by atoms with Crippen molar-refractivity contribution in [3.8, 4) is 10.7 Å². The Morgan fingerprint density at radius 1 is 1.30 bits per heavy atom. The second-order valence-electron chi connectivity index (χ2n) is 7.69. The maximum Gasteiger partial charge on any atom is 0.321 e. The summed E-state index contributed by atoms with van der Waals surface area (Å²) in [6.07, 6.45) is 7.03. The van der Waals surface area contributed by atoms with Gasteiger partial charge in [-0.1, -0.05) is 6.08 Å². The van der Waals surface area contributed by atoms with Crippen molar-refractivity contribution in [2.24, 2.45) is 7.05 Å². The Bertz CT molecular complexity index is 985. The third-order valence-electron chi connectivity index (χ3n) is 5.75.